The summed E-state index contributed by atoms with van der Waals surface area (Å²) in [6.07, 6.45) is 5.88. The Bertz CT molecular complexity index is 707. The van der Waals surface area contributed by atoms with Crippen molar-refractivity contribution in [3.05, 3.63) is 54.2 Å². The van der Waals surface area contributed by atoms with E-state index in [4.69, 9.17) is 0 Å². The third-order valence-electron chi connectivity index (χ3n) is 4.41. The number of carbonyl (C=O) groups is 2. The molecule has 25 heavy (non-hydrogen) atoms. The summed E-state index contributed by atoms with van der Waals surface area (Å²) in [5.74, 6) is 0.310. The Morgan fingerprint density at radius 2 is 1.72 bits per heavy atom. The Morgan fingerprint density at radius 1 is 0.960 bits per heavy atom. The average molecular weight is 337 g/mol. The molecule has 5 nitrogen and oxygen atoms in total. The molecule has 2 aromatic rings. The van der Waals surface area contributed by atoms with Gasteiger partial charge in [-0.3, -0.25) is 9.59 Å². The molecular weight excluding hydrogens is 314 g/mol. The first-order chi connectivity index (χ1) is 12.2. The fourth-order valence-corrected chi connectivity index (χ4v) is 3.00. The smallest absolute Gasteiger partial charge is 0.225 e. The zero-order chi connectivity index (χ0) is 17.5. The second-order valence-electron chi connectivity index (χ2n) is 6.29. The van der Waals surface area contributed by atoms with Crippen LogP contribution in [0.5, 0.6) is 0 Å². The monoisotopic (exact) mass is 337 g/mol. The molecule has 2 heterocycles. The van der Waals surface area contributed by atoms with Crippen molar-refractivity contribution in [2.45, 2.75) is 32.1 Å². The number of aromatic nitrogens is 1. The Balaban J connectivity index is 1.48. The van der Waals surface area contributed by atoms with Crippen LogP contribution >= 0.6 is 0 Å². The van der Waals surface area contributed by atoms with Gasteiger partial charge in [0.2, 0.25) is 5.91 Å². The van der Waals surface area contributed by atoms with E-state index in [-0.39, 0.29) is 24.5 Å². The van der Waals surface area contributed by atoms with Crippen LogP contribution < -0.4 is 10.2 Å². The van der Waals surface area contributed by atoms with Gasteiger partial charge >= 0.3 is 0 Å². The number of amides is 1. The zero-order valence-electron chi connectivity index (χ0n) is 14.3. The van der Waals surface area contributed by atoms with E-state index in [1.807, 2.05) is 30.3 Å². The Hall–Kier alpha value is -2.69. The summed E-state index contributed by atoms with van der Waals surface area (Å²) in [5, 5.41) is 2.76. The number of Topliss-reactive ketones (excluding diaryl/α,β-unsaturated/α-hetero) is 1. The molecule has 0 saturated carbocycles. The van der Waals surface area contributed by atoms with Crippen LogP contribution in [0, 0.1) is 0 Å². The fourth-order valence-electron chi connectivity index (χ4n) is 3.00. The van der Waals surface area contributed by atoms with Crippen LogP contribution in [-0.2, 0) is 4.79 Å². The van der Waals surface area contributed by atoms with Crippen LogP contribution in [0.3, 0.4) is 0 Å². The van der Waals surface area contributed by atoms with Gasteiger partial charge in [-0.25, -0.2) is 4.98 Å². The van der Waals surface area contributed by atoms with Gasteiger partial charge in [-0.1, -0.05) is 30.3 Å². The molecule has 3 rings (SSSR count). The lowest BCUT2D eigenvalue weighted by Crippen LogP contribution is -2.29. The molecular formula is C20H23N3O2. The molecule has 1 fully saturated rings. The van der Waals surface area contributed by atoms with Crippen LogP contribution in [0.2, 0.25) is 0 Å². The molecule has 0 bridgehead atoms. The van der Waals surface area contributed by atoms with Crippen molar-refractivity contribution < 1.29 is 9.59 Å². The summed E-state index contributed by atoms with van der Waals surface area (Å²) in [5.41, 5.74) is 1.73. The van der Waals surface area contributed by atoms with E-state index in [0.29, 0.717) is 11.4 Å². The van der Waals surface area contributed by atoms with Gasteiger partial charge < -0.3 is 10.2 Å². The maximum Gasteiger partial charge on any atom is 0.225 e. The molecule has 130 valence electrons. The third-order valence-corrected chi connectivity index (χ3v) is 4.41. The highest BCUT2D eigenvalue weighted by molar-refractivity contribution is 5.99. The maximum atomic E-state index is 12.0. The minimum atomic E-state index is -0.192. The van der Waals surface area contributed by atoms with Gasteiger partial charge in [0.05, 0.1) is 11.9 Å². The normalized spacial score (nSPS) is 14.2. The predicted octanol–water partition coefficient (Wildman–Crippen LogP) is 3.67. The van der Waals surface area contributed by atoms with E-state index in [9.17, 15) is 9.59 Å². The number of ketones is 1. The van der Waals surface area contributed by atoms with Crippen LogP contribution in [0.15, 0.2) is 48.7 Å². The molecule has 1 amide bonds. The van der Waals surface area contributed by atoms with E-state index < -0.39 is 0 Å². The van der Waals surface area contributed by atoms with Crippen molar-refractivity contribution in [1.29, 1.82) is 0 Å². The lowest BCUT2D eigenvalue weighted by molar-refractivity contribution is -0.116. The van der Waals surface area contributed by atoms with E-state index in [2.05, 4.69) is 15.2 Å². The molecule has 1 aliphatic heterocycles. The number of nitrogens with one attached hydrogen (secondary N) is 1. The van der Waals surface area contributed by atoms with E-state index in [0.717, 1.165) is 18.8 Å². The van der Waals surface area contributed by atoms with Gasteiger partial charge in [0, 0.05) is 31.5 Å². The van der Waals surface area contributed by atoms with Crippen molar-refractivity contribution in [2.24, 2.45) is 0 Å². The highest BCUT2D eigenvalue weighted by Crippen LogP contribution is 2.20. The molecule has 1 aromatic heterocycles. The lowest BCUT2D eigenvalue weighted by atomic mass is 10.1. The van der Waals surface area contributed by atoms with Crippen LogP contribution in [0.25, 0.3) is 0 Å². The molecule has 1 saturated heterocycles. The van der Waals surface area contributed by atoms with Gasteiger partial charge in [-0.05, 0) is 31.4 Å². The first-order valence-electron chi connectivity index (χ1n) is 8.81. The minimum absolute atomic E-state index is 0.0239. The topological polar surface area (TPSA) is 62.3 Å². The largest absolute Gasteiger partial charge is 0.370 e. The van der Waals surface area contributed by atoms with E-state index in [1.54, 1.807) is 18.3 Å². The summed E-state index contributed by atoms with van der Waals surface area (Å²) in [6.45, 7) is 2.13. The number of hydrogen-bond acceptors (Lipinski definition) is 4. The minimum Gasteiger partial charge on any atom is -0.370 e. The second-order valence-corrected chi connectivity index (χ2v) is 6.29. The van der Waals surface area contributed by atoms with Gasteiger partial charge in [-0.2, -0.15) is 0 Å². The number of pyridine rings is 1. The number of nitrogens with zero attached hydrogens (tertiary/aromatic N) is 2. The Morgan fingerprint density at radius 3 is 2.40 bits per heavy atom. The Kier molecular flexibility index (Phi) is 5.77. The van der Waals surface area contributed by atoms with Crippen LogP contribution in [0.1, 0.15) is 42.5 Å². The zero-order valence-corrected chi connectivity index (χ0v) is 14.3. The summed E-state index contributed by atoms with van der Waals surface area (Å²) in [6, 6.07) is 12.8. The van der Waals surface area contributed by atoms with Gasteiger partial charge in [-0.15, -0.1) is 0 Å². The quantitative estimate of drug-likeness (QED) is 0.817. The lowest BCUT2D eigenvalue weighted by Gasteiger charge is -2.28. The van der Waals surface area contributed by atoms with E-state index in [1.165, 1.54) is 19.3 Å². The number of hydrogen-bond donors (Lipinski definition) is 1. The second kappa shape index (κ2) is 8.42. The molecule has 1 aliphatic rings. The summed E-state index contributed by atoms with van der Waals surface area (Å²) >= 11 is 0. The molecule has 0 unspecified atom stereocenters. The number of rotatable bonds is 6. The number of carbonyl (C=O) groups excluding carboxylic acids is 2. The highest BCUT2D eigenvalue weighted by atomic mass is 16.2. The van der Waals surface area contributed by atoms with Crippen molar-refractivity contribution in [2.75, 3.05) is 23.3 Å². The standard InChI is InChI=1S/C20H23N3O2/c24-18(16-7-3-1-4-8-16)10-12-20(25)22-19-11-9-17(15-21-19)23-13-5-2-6-14-23/h1,3-4,7-9,11,15H,2,5-6,10,12-14H2,(H,21,22,25). The summed E-state index contributed by atoms with van der Waals surface area (Å²) < 4.78 is 0. The average Bonchev–Trinajstić information content (AvgIpc) is 2.68. The number of benzene rings is 1. The van der Waals surface area contributed by atoms with Crippen LogP contribution in [0.4, 0.5) is 11.5 Å². The van der Waals surface area contributed by atoms with Crippen molar-refractivity contribution in [1.82, 2.24) is 4.98 Å². The SMILES string of the molecule is O=C(CCC(=O)c1ccccc1)Nc1ccc(N2CCCCC2)cn1. The summed E-state index contributed by atoms with van der Waals surface area (Å²) in [4.78, 5) is 30.7. The van der Waals surface area contributed by atoms with Crippen molar-refractivity contribution in [3.8, 4) is 0 Å². The van der Waals surface area contributed by atoms with E-state index >= 15 is 0 Å². The molecule has 0 aliphatic carbocycles. The maximum absolute atomic E-state index is 12.0. The highest BCUT2D eigenvalue weighted by Gasteiger charge is 2.12. The molecule has 1 N–H and O–H groups in total. The Labute approximate surface area is 148 Å². The first-order valence-corrected chi connectivity index (χ1v) is 8.81. The summed E-state index contributed by atoms with van der Waals surface area (Å²) in [7, 11) is 0. The molecule has 0 atom stereocenters. The number of anilines is 2. The predicted molar refractivity (Wildman–Crippen MR) is 98.9 cm³/mol. The van der Waals surface area contributed by atoms with Crippen LogP contribution in [-0.4, -0.2) is 29.8 Å². The van der Waals surface area contributed by atoms with Gasteiger partial charge in [0.15, 0.2) is 5.78 Å². The van der Waals surface area contributed by atoms with Crippen molar-refractivity contribution >= 4 is 23.2 Å². The molecule has 1 aromatic carbocycles. The van der Waals surface area contributed by atoms with Gasteiger partial charge in [0.25, 0.3) is 0 Å². The molecule has 0 spiro atoms. The molecule has 0 radical (unpaired) electrons. The number of piperidine rings is 1. The van der Waals surface area contributed by atoms with Crippen molar-refractivity contribution in [3.63, 3.8) is 0 Å². The fraction of sp³-hybridized carbons (Fsp3) is 0.350. The molecule has 5 heteroatoms. The third kappa shape index (κ3) is 4.89. The first kappa shape index (κ1) is 17.1. The van der Waals surface area contributed by atoms with Gasteiger partial charge in [0.1, 0.15) is 5.82 Å².